The fourth-order valence-corrected chi connectivity index (χ4v) is 3.36. The largest absolute Gasteiger partial charge is 0.378 e. The number of rotatable bonds is 5. The van der Waals surface area contributed by atoms with E-state index in [2.05, 4.69) is 42.7 Å². The lowest BCUT2D eigenvalue weighted by atomic mass is 9.99. The minimum Gasteiger partial charge on any atom is -0.378 e. The zero-order chi connectivity index (χ0) is 12.4. The van der Waals surface area contributed by atoms with Crippen LogP contribution in [0.3, 0.4) is 0 Å². The third-order valence-electron chi connectivity index (χ3n) is 4.50. The fraction of sp³-hybridized carbons (Fsp3) is 0.625. The molecule has 2 aliphatic rings. The molecule has 1 aromatic rings. The van der Waals surface area contributed by atoms with Gasteiger partial charge in [0.25, 0.3) is 0 Å². The summed E-state index contributed by atoms with van der Waals surface area (Å²) in [6.07, 6.45) is 5.51. The molecule has 0 spiro atoms. The summed E-state index contributed by atoms with van der Waals surface area (Å²) in [5.74, 6) is 1.58. The van der Waals surface area contributed by atoms with Crippen LogP contribution in [0.2, 0.25) is 0 Å². The van der Waals surface area contributed by atoms with E-state index in [0.29, 0.717) is 12.1 Å². The van der Waals surface area contributed by atoms with Crippen molar-refractivity contribution in [3.8, 4) is 0 Å². The summed E-state index contributed by atoms with van der Waals surface area (Å²) in [6, 6.07) is 11.6. The van der Waals surface area contributed by atoms with Crippen LogP contribution in [0.15, 0.2) is 30.3 Å². The van der Waals surface area contributed by atoms with Gasteiger partial charge in [0.15, 0.2) is 0 Å². The Morgan fingerprint density at radius 2 is 2.17 bits per heavy atom. The molecule has 1 aliphatic heterocycles. The lowest BCUT2D eigenvalue weighted by molar-refractivity contribution is 0.0928. The summed E-state index contributed by atoms with van der Waals surface area (Å²) in [4.78, 5) is 0. The molecule has 3 rings (SSSR count). The molecule has 18 heavy (non-hydrogen) atoms. The van der Waals surface area contributed by atoms with E-state index in [1.807, 2.05) is 0 Å². The zero-order valence-electron chi connectivity index (χ0n) is 11.1. The van der Waals surface area contributed by atoms with E-state index >= 15 is 0 Å². The topological polar surface area (TPSA) is 21.3 Å². The normalized spacial score (nSPS) is 32.4. The average molecular weight is 245 g/mol. The van der Waals surface area contributed by atoms with Gasteiger partial charge in [0.1, 0.15) is 0 Å². The Labute approximate surface area is 110 Å². The second-order valence-electron chi connectivity index (χ2n) is 5.68. The third kappa shape index (κ3) is 2.60. The highest BCUT2D eigenvalue weighted by Crippen LogP contribution is 2.50. The molecule has 0 bridgehead atoms. The van der Waals surface area contributed by atoms with Crippen LogP contribution >= 0.6 is 0 Å². The molecule has 1 heterocycles. The van der Waals surface area contributed by atoms with Gasteiger partial charge in [-0.05, 0) is 50.1 Å². The Morgan fingerprint density at radius 1 is 1.33 bits per heavy atom. The van der Waals surface area contributed by atoms with Gasteiger partial charge in [-0.2, -0.15) is 0 Å². The third-order valence-corrected chi connectivity index (χ3v) is 4.50. The predicted molar refractivity (Wildman–Crippen MR) is 73.7 cm³/mol. The Kier molecular flexibility index (Phi) is 3.67. The predicted octanol–water partition coefficient (Wildman–Crippen LogP) is 2.95. The van der Waals surface area contributed by atoms with E-state index in [4.69, 9.17) is 4.74 Å². The van der Waals surface area contributed by atoms with Gasteiger partial charge in [-0.25, -0.2) is 0 Å². The van der Waals surface area contributed by atoms with E-state index < -0.39 is 0 Å². The monoisotopic (exact) mass is 245 g/mol. The smallest absolute Gasteiger partial charge is 0.0590 e. The zero-order valence-corrected chi connectivity index (χ0v) is 11.1. The molecule has 2 nitrogen and oxygen atoms in total. The van der Waals surface area contributed by atoms with E-state index in [9.17, 15) is 0 Å². The first-order chi connectivity index (χ1) is 8.88. The maximum absolute atomic E-state index is 5.76. The van der Waals surface area contributed by atoms with Gasteiger partial charge >= 0.3 is 0 Å². The Morgan fingerprint density at radius 3 is 2.83 bits per heavy atom. The van der Waals surface area contributed by atoms with E-state index in [-0.39, 0.29) is 0 Å². The molecule has 2 fully saturated rings. The maximum atomic E-state index is 5.76. The van der Waals surface area contributed by atoms with E-state index in [0.717, 1.165) is 18.4 Å². The van der Waals surface area contributed by atoms with Gasteiger partial charge in [-0.3, -0.25) is 0 Å². The first kappa shape index (κ1) is 12.2. The first-order valence-corrected chi connectivity index (χ1v) is 7.22. The van der Waals surface area contributed by atoms with Gasteiger partial charge in [-0.1, -0.05) is 30.3 Å². The summed E-state index contributed by atoms with van der Waals surface area (Å²) in [7, 11) is 2.10. The van der Waals surface area contributed by atoms with Crippen LogP contribution in [0.1, 0.15) is 37.2 Å². The number of benzene rings is 1. The molecule has 1 aromatic carbocycles. The summed E-state index contributed by atoms with van der Waals surface area (Å²) in [5, 5.41) is 3.51. The van der Waals surface area contributed by atoms with Crippen LogP contribution in [0, 0.1) is 5.92 Å². The first-order valence-electron chi connectivity index (χ1n) is 7.22. The SMILES string of the molecule is CNC(CC1CCCO1)C1CC1c1ccccc1. The number of hydrogen-bond acceptors (Lipinski definition) is 2. The number of nitrogens with one attached hydrogen (secondary N) is 1. The van der Waals surface area contributed by atoms with Crippen molar-refractivity contribution in [1.29, 1.82) is 0 Å². The molecule has 0 aromatic heterocycles. The van der Waals surface area contributed by atoms with Crippen LogP contribution in [0.25, 0.3) is 0 Å². The Balaban J connectivity index is 1.57. The standard InChI is InChI=1S/C16H23NO/c1-17-16(10-13-8-5-9-18-13)15-11-14(15)12-6-3-2-4-7-12/h2-4,6-7,13-17H,5,8-11H2,1H3. The molecule has 4 atom stereocenters. The van der Waals surface area contributed by atoms with Crippen molar-refractivity contribution in [2.45, 2.75) is 43.7 Å². The van der Waals surface area contributed by atoms with Crippen molar-refractivity contribution in [3.05, 3.63) is 35.9 Å². The summed E-state index contributed by atoms with van der Waals surface area (Å²) < 4.78 is 5.76. The van der Waals surface area contributed by atoms with Crippen molar-refractivity contribution >= 4 is 0 Å². The van der Waals surface area contributed by atoms with Gasteiger partial charge < -0.3 is 10.1 Å². The summed E-state index contributed by atoms with van der Waals surface area (Å²) >= 11 is 0. The number of hydrogen-bond donors (Lipinski definition) is 1. The van der Waals surface area contributed by atoms with Crippen LogP contribution in [0.5, 0.6) is 0 Å². The highest BCUT2D eigenvalue weighted by Gasteiger charge is 2.43. The maximum Gasteiger partial charge on any atom is 0.0590 e. The molecule has 4 unspecified atom stereocenters. The van der Waals surface area contributed by atoms with Crippen molar-refractivity contribution in [3.63, 3.8) is 0 Å². The quantitative estimate of drug-likeness (QED) is 0.861. The fourth-order valence-electron chi connectivity index (χ4n) is 3.36. The minimum absolute atomic E-state index is 0.500. The van der Waals surface area contributed by atoms with Crippen LogP contribution in [0.4, 0.5) is 0 Å². The second kappa shape index (κ2) is 5.41. The van der Waals surface area contributed by atoms with Gasteiger partial charge in [0.2, 0.25) is 0 Å². The lowest BCUT2D eigenvalue weighted by Crippen LogP contribution is -2.32. The second-order valence-corrected chi connectivity index (χ2v) is 5.68. The highest BCUT2D eigenvalue weighted by molar-refractivity contribution is 5.26. The Hall–Kier alpha value is -0.860. The molecular weight excluding hydrogens is 222 g/mol. The van der Waals surface area contributed by atoms with E-state index in [1.54, 1.807) is 0 Å². The van der Waals surface area contributed by atoms with Gasteiger partial charge in [-0.15, -0.1) is 0 Å². The summed E-state index contributed by atoms with van der Waals surface area (Å²) in [6.45, 7) is 0.966. The number of ether oxygens (including phenoxy) is 1. The highest BCUT2D eigenvalue weighted by atomic mass is 16.5. The minimum atomic E-state index is 0.500. The molecule has 1 saturated carbocycles. The molecule has 1 aliphatic carbocycles. The van der Waals surface area contributed by atoms with Gasteiger partial charge in [0.05, 0.1) is 6.10 Å². The molecule has 0 amide bonds. The molecule has 98 valence electrons. The van der Waals surface area contributed by atoms with Crippen molar-refractivity contribution in [1.82, 2.24) is 5.32 Å². The van der Waals surface area contributed by atoms with Crippen molar-refractivity contribution in [2.75, 3.05) is 13.7 Å². The van der Waals surface area contributed by atoms with Gasteiger partial charge in [0, 0.05) is 12.6 Å². The van der Waals surface area contributed by atoms with E-state index in [1.165, 1.54) is 31.2 Å². The van der Waals surface area contributed by atoms with Crippen LogP contribution < -0.4 is 5.32 Å². The molecular formula is C16H23NO. The average Bonchev–Trinajstić information content (AvgIpc) is 3.05. The van der Waals surface area contributed by atoms with Crippen LogP contribution in [-0.2, 0) is 4.74 Å². The lowest BCUT2D eigenvalue weighted by Gasteiger charge is -2.20. The molecule has 0 radical (unpaired) electrons. The molecule has 2 heteroatoms. The molecule has 1 saturated heterocycles. The van der Waals surface area contributed by atoms with Crippen LogP contribution in [-0.4, -0.2) is 25.8 Å². The van der Waals surface area contributed by atoms with Crippen molar-refractivity contribution in [2.24, 2.45) is 5.92 Å². The Bertz CT molecular complexity index is 372. The van der Waals surface area contributed by atoms with Crippen molar-refractivity contribution < 1.29 is 4.74 Å². The molecule has 1 N–H and O–H groups in total. The summed E-state index contributed by atoms with van der Waals surface area (Å²) in [5.41, 5.74) is 1.51.